The molecule has 0 saturated heterocycles. The molecule has 0 heterocycles. The van der Waals surface area contributed by atoms with E-state index < -0.39 is 12.1 Å². The van der Waals surface area contributed by atoms with Crippen LogP contribution in [0.15, 0.2) is 0 Å². The highest BCUT2D eigenvalue weighted by Crippen LogP contribution is 1.98. The first-order valence-corrected chi connectivity index (χ1v) is 3.51. The molecule has 66 valence electrons. The fourth-order valence-electron chi connectivity index (χ4n) is 0.898. The zero-order valence-corrected chi connectivity index (χ0v) is 7.24. The second-order valence-electron chi connectivity index (χ2n) is 3.72. The number of carboxylic acids is 1. The molecule has 0 unspecified atom stereocenters. The lowest BCUT2D eigenvalue weighted by atomic mass is 10.2. The summed E-state index contributed by atoms with van der Waals surface area (Å²) >= 11 is 0. The molecule has 0 saturated carbocycles. The van der Waals surface area contributed by atoms with E-state index in [0.717, 1.165) is 0 Å². The van der Waals surface area contributed by atoms with E-state index in [-0.39, 0.29) is 6.42 Å². The number of nitrogens with zero attached hydrogens (tertiary/aromatic N) is 1. The van der Waals surface area contributed by atoms with Gasteiger partial charge in [0, 0.05) is 0 Å². The van der Waals surface area contributed by atoms with Crippen LogP contribution >= 0.6 is 0 Å². The number of carboxylic acid groups (broad SMARTS) is 1. The van der Waals surface area contributed by atoms with Gasteiger partial charge in [0.25, 0.3) is 0 Å². The lowest BCUT2D eigenvalue weighted by Gasteiger charge is -2.25. The highest BCUT2D eigenvalue weighted by molar-refractivity contribution is 5.67. The number of hydrogen-bond donors (Lipinski definition) is 2. The summed E-state index contributed by atoms with van der Waals surface area (Å²) in [6.07, 6.45) is -0.914. The Bertz CT molecular complexity index is 139. The number of carbonyl (C=O) groups is 1. The summed E-state index contributed by atoms with van der Waals surface area (Å²) in [7, 11) is 5.72. The molecule has 0 aliphatic carbocycles. The van der Waals surface area contributed by atoms with Crippen molar-refractivity contribution in [1.29, 1.82) is 0 Å². The topological polar surface area (TPSA) is 57.5 Å². The molecule has 1 atom stereocenters. The number of aliphatic hydroxyl groups is 1. The van der Waals surface area contributed by atoms with Gasteiger partial charge in [-0.3, -0.25) is 4.79 Å². The number of hydrogen-bond acceptors (Lipinski definition) is 2. The van der Waals surface area contributed by atoms with Crippen LogP contribution in [0.1, 0.15) is 6.42 Å². The van der Waals surface area contributed by atoms with Crippen LogP contribution in [0.4, 0.5) is 0 Å². The van der Waals surface area contributed by atoms with Gasteiger partial charge in [0.05, 0.1) is 27.6 Å². The number of aliphatic hydroxyl groups excluding tert-OH is 1. The fraction of sp³-hybridized carbons (Fsp3) is 0.857. The van der Waals surface area contributed by atoms with E-state index in [1.54, 1.807) is 0 Å². The van der Waals surface area contributed by atoms with E-state index in [1.165, 1.54) is 0 Å². The van der Waals surface area contributed by atoms with Crippen molar-refractivity contribution in [3.05, 3.63) is 0 Å². The largest absolute Gasteiger partial charge is 0.481 e. The predicted molar refractivity (Wildman–Crippen MR) is 41.2 cm³/mol. The smallest absolute Gasteiger partial charge is 0.306 e. The molecule has 4 heteroatoms. The first-order chi connectivity index (χ1) is 4.81. The van der Waals surface area contributed by atoms with Crippen LogP contribution in [-0.2, 0) is 4.79 Å². The molecule has 4 nitrogen and oxygen atoms in total. The summed E-state index contributed by atoms with van der Waals surface area (Å²) in [4.78, 5) is 10.1. The van der Waals surface area contributed by atoms with Gasteiger partial charge >= 0.3 is 5.97 Å². The van der Waals surface area contributed by atoms with Crippen LogP contribution < -0.4 is 0 Å². The number of quaternary nitrogens is 1. The van der Waals surface area contributed by atoms with E-state index in [4.69, 9.17) is 10.2 Å². The molecule has 0 radical (unpaired) electrons. The van der Waals surface area contributed by atoms with E-state index >= 15 is 0 Å². The lowest BCUT2D eigenvalue weighted by Crippen LogP contribution is -2.42. The van der Waals surface area contributed by atoms with E-state index in [0.29, 0.717) is 11.0 Å². The molecule has 0 aromatic carbocycles. The summed E-state index contributed by atoms with van der Waals surface area (Å²) in [5, 5.41) is 17.5. The fourth-order valence-corrected chi connectivity index (χ4v) is 0.898. The Balaban J connectivity index is 3.69. The normalized spacial score (nSPS) is 14.5. The van der Waals surface area contributed by atoms with Gasteiger partial charge in [-0.1, -0.05) is 0 Å². The first kappa shape index (κ1) is 10.4. The van der Waals surface area contributed by atoms with Crippen LogP contribution in [0.2, 0.25) is 0 Å². The highest BCUT2D eigenvalue weighted by Gasteiger charge is 2.17. The van der Waals surface area contributed by atoms with Gasteiger partial charge in [-0.2, -0.15) is 0 Å². The van der Waals surface area contributed by atoms with E-state index in [1.807, 2.05) is 21.1 Å². The Morgan fingerprint density at radius 2 is 1.91 bits per heavy atom. The standard InChI is InChI=1S/C7H15NO3/c1-8(2,3)5-6(9)4-7(10)11/h6,9H,4-5H2,1-3H3/p+1/t6-/m1/s1/i1+1,2+1,3+1. The SMILES string of the molecule is [13CH3][N+]([13CH3])([13CH3])C[C@H](O)CC(=O)O. The van der Waals surface area contributed by atoms with Gasteiger partial charge in [-0.05, 0) is 0 Å². The van der Waals surface area contributed by atoms with Crippen molar-refractivity contribution in [2.75, 3.05) is 27.7 Å². The van der Waals surface area contributed by atoms with Crippen LogP contribution in [0.5, 0.6) is 0 Å². The number of rotatable bonds is 4. The quantitative estimate of drug-likeness (QED) is 0.437. The number of likely N-dealkylation sites (N-methyl/N-ethyl adjacent to an activating group) is 1. The van der Waals surface area contributed by atoms with Crippen LogP contribution in [0, 0.1) is 0 Å². The van der Waals surface area contributed by atoms with Gasteiger partial charge < -0.3 is 14.7 Å². The third-order valence-corrected chi connectivity index (χ3v) is 1.17. The van der Waals surface area contributed by atoms with E-state index in [9.17, 15) is 4.79 Å². The molecule has 11 heavy (non-hydrogen) atoms. The second kappa shape index (κ2) is 3.69. The molecule has 0 aliphatic rings. The number of aliphatic carboxylic acids is 1. The zero-order chi connectivity index (χ0) is 9.07. The third-order valence-electron chi connectivity index (χ3n) is 1.17. The first-order valence-electron chi connectivity index (χ1n) is 3.51. The summed E-state index contributed by atoms with van der Waals surface area (Å²) in [6, 6.07) is 0. The van der Waals surface area contributed by atoms with Gasteiger partial charge in [0.2, 0.25) is 0 Å². The maximum absolute atomic E-state index is 10.1. The highest BCUT2D eigenvalue weighted by atomic mass is 16.4. The van der Waals surface area contributed by atoms with Gasteiger partial charge in [0.1, 0.15) is 12.6 Å². The van der Waals surface area contributed by atoms with Crippen LogP contribution in [0.3, 0.4) is 0 Å². The summed E-state index contributed by atoms with van der Waals surface area (Å²) in [5.74, 6) is -0.953. The molecule has 0 amide bonds. The minimum absolute atomic E-state index is 0.171. The Morgan fingerprint density at radius 3 is 2.18 bits per heavy atom. The maximum Gasteiger partial charge on any atom is 0.306 e. The van der Waals surface area contributed by atoms with Crippen molar-refractivity contribution in [3.8, 4) is 0 Å². The van der Waals surface area contributed by atoms with Gasteiger partial charge in [-0.15, -0.1) is 0 Å². The third kappa shape index (κ3) is 7.29. The molecule has 0 aliphatic heterocycles. The van der Waals surface area contributed by atoms with E-state index in [2.05, 4.69) is 0 Å². The van der Waals surface area contributed by atoms with Crippen LogP contribution in [-0.4, -0.2) is 54.5 Å². The van der Waals surface area contributed by atoms with Gasteiger partial charge in [0.15, 0.2) is 0 Å². The summed E-state index contributed by atoms with van der Waals surface area (Å²) in [6.45, 7) is 0.465. The predicted octanol–water partition coefficient (Wildman–Crippen LogP) is -0.472. The zero-order valence-electron chi connectivity index (χ0n) is 7.24. The maximum atomic E-state index is 10.1. The second-order valence-corrected chi connectivity index (χ2v) is 3.72. The van der Waals surface area contributed by atoms with Crippen molar-refractivity contribution in [3.63, 3.8) is 0 Å². The van der Waals surface area contributed by atoms with Gasteiger partial charge in [-0.25, -0.2) is 0 Å². The molecule has 2 N–H and O–H groups in total. The Morgan fingerprint density at radius 1 is 1.45 bits per heavy atom. The van der Waals surface area contributed by atoms with Crippen molar-refractivity contribution in [2.24, 2.45) is 0 Å². The average Bonchev–Trinajstić information content (AvgIpc) is 1.53. The summed E-state index contributed by atoms with van der Waals surface area (Å²) in [5.41, 5.74) is 0. The molecule has 0 rings (SSSR count). The van der Waals surface area contributed by atoms with Crippen molar-refractivity contribution in [2.45, 2.75) is 12.5 Å². The average molecular weight is 165 g/mol. The molecule has 0 bridgehead atoms. The monoisotopic (exact) mass is 165 g/mol. The minimum Gasteiger partial charge on any atom is -0.481 e. The minimum atomic E-state index is -0.953. The molecule has 0 spiro atoms. The van der Waals surface area contributed by atoms with Crippen molar-refractivity contribution < 1.29 is 19.5 Å². The van der Waals surface area contributed by atoms with Crippen LogP contribution in [0.25, 0.3) is 0 Å². The molecule has 0 aromatic rings. The molecular weight excluding hydrogens is 149 g/mol. The molecular formula is C7H16NO3+. The summed E-state index contributed by atoms with van der Waals surface area (Å²) < 4.78 is 0.578. The van der Waals surface area contributed by atoms with Crippen molar-refractivity contribution >= 4 is 5.97 Å². The molecule has 0 aromatic heterocycles. The lowest BCUT2D eigenvalue weighted by molar-refractivity contribution is -0.873. The molecule has 0 fully saturated rings. The Kier molecular flexibility index (Phi) is 3.48. The van der Waals surface area contributed by atoms with Crippen molar-refractivity contribution in [1.82, 2.24) is 0 Å². The Labute approximate surface area is 66.6 Å². The Hall–Kier alpha value is -0.610.